The number of hydrogen-bond donors (Lipinski definition) is 1. The predicted octanol–water partition coefficient (Wildman–Crippen LogP) is 2.37. The van der Waals surface area contributed by atoms with Crippen LogP contribution in [0.3, 0.4) is 0 Å². The largest absolute Gasteiger partial charge is 0.371 e. The van der Waals surface area contributed by atoms with E-state index in [1.54, 1.807) is 6.20 Å². The Labute approximate surface area is 126 Å². The van der Waals surface area contributed by atoms with E-state index < -0.39 is 0 Å². The van der Waals surface area contributed by atoms with Gasteiger partial charge in [0.25, 0.3) is 5.91 Å². The van der Waals surface area contributed by atoms with Gasteiger partial charge in [-0.3, -0.25) is 4.79 Å². The van der Waals surface area contributed by atoms with Crippen LogP contribution in [-0.4, -0.2) is 23.4 Å². The normalized spacial score (nSPS) is 15.9. The maximum atomic E-state index is 12.0. The summed E-state index contributed by atoms with van der Waals surface area (Å²) >= 11 is 0. The molecule has 0 saturated heterocycles. The number of rotatable bonds is 4. The van der Waals surface area contributed by atoms with Crippen molar-refractivity contribution in [2.24, 2.45) is 0 Å². The smallest absolute Gasteiger partial charge is 0.263 e. The Morgan fingerprint density at radius 2 is 2.19 bits per heavy atom. The van der Waals surface area contributed by atoms with Gasteiger partial charge in [0.15, 0.2) is 0 Å². The van der Waals surface area contributed by atoms with E-state index in [0.29, 0.717) is 0 Å². The summed E-state index contributed by atoms with van der Waals surface area (Å²) in [7, 11) is 0. The summed E-state index contributed by atoms with van der Waals surface area (Å²) in [6.45, 7) is 5.52. The van der Waals surface area contributed by atoms with Crippen molar-refractivity contribution in [1.82, 2.24) is 10.2 Å². The van der Waals surface area contributed by atoms with Gasteiger partial charge >= 0.3 is 0 Å². The molecule has 0 saturated carbocycles. The standard InChI is InChI=1S/C17H21N3O/c1-3-13(2)19-17(21)16(10-18)12-20-9-8-14-6-4-5-7-15(14)11-20/h4-7,12-13H,3,8-9,11H2,1-2H3,(H,19,21)/b16-12-. The molecule has 1 aromatic rings. The number of nitrogens with one attached hydrogen (secondary N) is 1. The molecular formula is C17H21N3O. The van der Waals surface area contributed by atoms with Crippen LogP contribution in [0.5, 0.6) is 0 Å². The van der Waals surface area contributed by atoms with E-state index in [1.807, 2.05) is 36.9 Å². The molecule has 2 rings (SSSR count). The zero-order chi connectivity index (χ0) is 15.2. The Balaban J connectivity index is 2.08. The molecule has 0 bridgehead atoms. The third kappa shape index (κ3) is 3.85. The topological polar surface area (TPSA) is 56.1 Å². The lowest BCUT2D eigenvalue weighted by Crippen LogP contribution is -2.34. The van der Waals surface area contributed by atoms with E-state index in [4.69, 9.17) is 0 Å². The Hall–Kier alpha value is -2.28. The van der Waals surface area contributed by atoms with Crippen LogP contribution in [0.2, 0.25) is 0 Å². The van der Waals surface area contributed by atoms with Gasteiger partial charge in [-0.25, -0.2) is 0 Å². The molecule has 4 nitrogen and oxygen atoms in total. The molecule has 0 radical (unpaired) electrons. The number of nitriles is 1. The summed E-state index contributed by atoms with van der Waals surface area (Å²) in [6.07, 6.45) is 3.48. The summed E-state index contributed by atoms with van der Waals surface area (Å²) < 4.78 is 0. The quantitative estimate of drug-likeness (QED) is 0.682. The Morgan fingerprint density at radius 3 is 2.86 bits per heavy atom. The van der Waals surface area contributed by atoms with Crippen LogP contribution < -0.4 is 5.32 Å². The van der Waals surface area contributed by atoms with Gasteiger partial charge in [0.05, 0.1) is 0 Å². The highest BCUT2D eigenvalue weighted by Crippen LogP contribution is 2.19. The SMILES string of the molecule is CCC(C)NC(=O)/C(C#N)=C\N1CCc2ccccc2C1. The van der Waals surface area contributed by atoms with Gasteiger partial charge in [-0.2, -0.15) is 5.26 Å². The average molecular weight is 283 g/mol. The zero-order valence-corrected chi connectivity index (χ0v) is 12.6. The molecule has 110 valence electrons. The lowest BCUT2D eigenvalue weighted by Gasteiger charge is -2.27. The Bertz CT molecular complexity index is 586. The minimum absolute atomic E-state index is 0.0799. The molecule has 0 fully saturated rings. The van der Waals surface area contributed by atoms with Gasteiger partial charge in [-0.1, -0.05) is 31.2 Å². The van der Waals surface area contributed by atoms with Crippen molar-refractivity contribution in [3.05, 3.63) is 47.2 Å². The van der Waals surface area contributed by atoms with E-state index in [9.17, 15) is 10.1 Å². The number of nitrogens with zero attached hydrogens (tertiary/aromatic N) is 2. The van der Waals surface area contributed by atoms with Gasteiger partial charge in [-0.05, 0) is 30.9 Å². The van der Waals surface area contributed by atoms with Crippen LogP contribution in [0, 0.1) is 11.3 Å². The molecule has 1 unspecified atom stereocenters. The van der Waals surface area contributed by atoms with Crippen LogP contribution in [-0.2, 0) is 17.8 Å². The second-order valence-corrected chi connectivity index (χ2v) is 5.43. The Kier molecular flexibility index (Phi) is 4.99. The third-order valence-corrected chi connectivity index (χ3v) is 3.83. The van der Waals surface area contributed by atoms with Gasteiger partial charge < -0.3 is 10.2 Å². The van der Waals surface area contributed by atoms with Gasteiger partial charge in [0, 0.05) is 25.3 Å². The molecule has 1 aliphatic rings. The first-order chi connectivity index (χ1) is 10.1. The molecule has 21 heavy (non-hydrogen) atoms. The monoisotopic (exact) mass is 283 g/mol. The fourth-order valence-corrected chi connectivity index (χ4v) is 2.35. The maximum Gasteiger partial charge on any atom is 0.263 e. The first kappa shape index (κ1) is 15.1. The molecule has 1 amide bonds. The second-order valence-electron chi connectivity index (χ2n) is 5.43. The third-order valence-electron chi connectivity index (χ3n) is 3.83. The van der Waals surface area contributed by atoms with Crippen molar-refractivity contribution in [3.8, 4) is 6.07 Å². The predicted molar refractivity (Wildman–Crippen MR) is 82.1 cm³/mol. The number of amides is 1. The van der Waals surface area contributed by atoms with E-state index in [1.165, 1.54) is 11.1 Å². The molecule has 0 aromatic heterocycles. The van der Waals surface area contributed by atoms with E-state index in [-0.39, 0.29) is 17.5 Å². The van der Waals surface area contributed by atoms with Gasteiger partial charge in [0.2, 0.25) is 0 Å². The van der Waals surface area contributed by atoms with Crippen molar-refractivity contribution in [2.75, 3.05) is 6.54 Å². The van der Waals surface area contributed by atoms with E-state index in [2.05, 4.69) is 17.4 Å². The fourth-order valence-electron chi connectivity index (χ4n) is 2.35. The van der Waals surface area contributed by atoms with Crippen molar-refractivity contribution in [1.29, 1.82) is 5.26 Å². The van der Waals surface area contributed by atoms with Crippen LogP contribution in [0.25, 0.3) is 0 Å². The van der Waals surface area contributed by atoms with Crippen molar-refractivity contribution in [3.63, 3.8) is 0 Å². The van der Waals surface area contributed by atoms with Crippen molar-refractivity contribution in [2.45, 2.75) is 39.3 Å². The molecule has 0 spiro atoms. The summed E-state index contributed by atoms with van der Waals surface area (Å²) in [5, 5.41) is 12.0. The van der Waals surface area contributed by atoms with Crippen molar-refractivity contribution >= 4 is 5.91 Å². The van der Waals surface area contributed by atoms with Crippen LogP contribution in [0.4, 0.5) is 0 Å². The van der Waals surface area contributed by atoms with Crippen LogP contribution >= 0.6 is 0 Å². The van der Waals surface area contributed by atoms with Crippen LogP contribution in [0.1, 0.15) is 31.4 Å². The number of benzene rings is 1. The summed E-state index contributed by atoms with van der Waals surface area (Å²) in [6, 6.07) is 10.4. The van der Waals surface area contributed by atoms with Crippen LogP contribution in [0.15, 0.2) is 36.0 Å². The minimum Gasteiger partial charge on any atom is -0.371 e. The average Bonchev–Trinajstić information content (AvgIpc) is 2.52. The molecule has 1 heterocycles. The first-order valence-electron chi connectivity index (χ1n) is 7.37. The lowest BCUT2D eigenvalue weighted by molar-refractivity contribution is -0.117. The van der Waals surface area contributed by atoms with Gasteiger partial charge in [0.1, 0.15) is 11.6 Å². The fraction of sp³-hybridized carbons (Fsp3) is 0.412. The van der Waals surface area contributed by atoms with E-state index in [0.717, 1.165) is 25.9 Å². The summed E-state index contributed by atoms with van der Waals surface area (Å²) in [4.78, 5) is 14.1. The molecule has 4 heteroatoms. The van der Waals surface area contributed by atoms with Crippen molar-refractivity contribution < 1.29 is 4.79 Å². The van der Waals surface area contributed by atoms with E-state index >= 15 is 0 Å². The molecule has 1 N–H and O–H groups in total. The second kappa shape index (κ2) is 6.94. The number of hydrogen-bond acceptors (Lipinski definition) is 3. The zero-order valence-electron chi connectivity index (χ0n) is 12.6. The molecule has 0 aliphatic carbocycles. The number of fused-ring (bicyclic) bond motifs is 1. The highest BCUT2D eigenvalue weighted by molar-refractivity contribution is 5.97. The highest BCUT2D eigenvalue weighted by atomic mass is 16.1. The minimum atomic E-state index is -0.286. The maximum absolute atomic E-state index is 12.0. The lowest BCUT2D eigenvalue weighted by atomic mass is 10.00. The highest BCUT2D eigenvalue weighted by Gasteiger charge is 2.17. The Morgan fingerprint density at radius 1 is 1.48 bits per heavy atom. The number of carbonyl (C=O) groups excluding carboxylic acids is 1. The molecule has 1 aliphatic heterocycles. The summed E-state index contributed by atoms with van der Waals surface area (Å²) in [5.74, 6) is -0.286. The number of carbonyl (C=O) groups is 1. The summed E-state index contributed by atoms with van der Waals surface area (Å²) in [5.41, 5.74) is 2.79. The molecule has 1 atom stereocenters. The molecule has 1 aromatic carbocycles. The first-order valence-corrected chi connectivity index (χ1v) is 7.37. The van der Waals surface area contributed by atoms with Gasteiger partial charge in [-0.15, -0.1) is 0 Å². The molecular weight excluding hydrogens is 262 g/mol.